The molecule has 2 N–H and O–H groups in total. The number of nitrogens with two attached hydrogens (primary N) is 1. The third kappa shape index (κ3) is 2.78. The minimum absolute atomic E-state index is 0.399. The summed E-state index contributed by atoms with van der Waals surface area (Å²) in [5, 5.41) is 0. The van der Waals surface area contributed by atoms with Crippen LogP contribution in [0.25, 0.3) is 0 Å². The number of hydrogen-bond donors (Lipinski definition) is 1. The topological polar surface area (TPSA) is 51.4 Å². The highest BCUT2D eigenvalue weighted by atomic mass is 16.5. The zero-order chi connectivity index (χ0) is 11.4. The molecule has 0 aromatic carbocycles. The van der Waals surface area contributed by atoms with Crippen LogP contribution in [-0.2, 0) is 17.8 Å². The first kappa shape index (κ1) is 11.5. The van der Waals surface area contributed by atoms with Crippen LogP contribution in [0.15, 0.2) is 18.3 Å². The molecule has 88 valence electrons. The Labute approximate surface area is 96.4 Å². The van der Waals surface area contributed by atoms with Gasteiger partial charge >= 0.3 is 0 Å². The predicted molar refractivity (Wildman–Crippen MR) is 62.8 cm³/mol. The molecule has 1 aliphatic heterocycles. The SMILES string of the molecule is COC1CCN(Cc2ccnc(CN)c2)C1. The number of likely N-dealkylation sites (tertiary alicyclic amines) is 1. The Kier molecular flexibility index (Phi) is 3.88. The second-order valence-electron chi connectivity index (χ2n) is 4.24. The Morgan fingerprint density at radius 1 is 1.62 bits per heavy atom. The van der Waals surface area contributed by atoms with Crippen molar-refractivity contribution in [1.82, 2.24) is 9.88 Å². The summed E-state index contributed by atoms with van der Waals surface area (Å²) in [5.74, 6) is 0. The number of ether oxygens (including phenoxy) is 1. The molecule has 2 heterocycles. The van der Waals surface area contributed by atoms with Crippen molar-refractivity contribution in [1.29, 1.82) is 0 Å². The first-order valence-electron chi connectivity index (χ1n) is 5.71. The lowest BCUT2D eigenvalue weighted by molar-refractivity contribution is 0.107. The molecule has 0 spiro atoms. The molecule has 1 unspecified atom stereocenters. The summed E-state index contributed by atoms with van der Waals surface area (Å²) in [7, 11) is 1.78. The van der Waals surface area contributed by atoms with E-state index in [9.17, 15) is 0 Å². The normalized spacial score (nSPS) is 21.5. The fraction of sp³-hybridized carbons (Fsp3) is 0.583. The summed E-state index contributed by atoms with van der Waals surface area (Å²) in [5.41, 5.74) is 7.82. The van der Waals surface area contributed by atoms with Gasteiger partial charge in [-0.25, -0.2) is 0 Å². The van der Waals surface area contributed by atoms with E-state index in [1.54, 1.807) is 7.11 Å². The Morgan fingerprint density at radius 2 is 2.50 bits per heavy atom. The van der Waals surface area contributed by atoms with Crippen LogP contribution in [-0.4, -0.2) is 36.2 Å². The van der Waals surface area contributed by atoms with Gasteiger partial charge in [-0.1, -0.05) is 0 Å². The summed E-state index contributed by atoms with van der Waals surface area (Å²) in [6.07, 6.45) is 3.36. The third-order valence-corrected chi connectivity index (χ3v) is 3.06. The standard InChI is InChI=1S/C12H19N3O/c1-16-12-3-5-15(9-12)8-10-2-4-14-11(6-10)7-13/h2,4,6,12H,3,5,7-9,13H2,1H3. The van der Waals surface area contributed by atoms with Crippen LogP contribution in [0, 0.1) is 0 Å². The fourth-order valence-corrected chi connectivity index (χ4v) is 2.13. The van der Waals surface area contributed by atoms with E-state index in [1.807, 2.05) is 6.20 Å². The van der Waals surface area contributed by atoms with E-state index in [0.29, 0.717) is 12.6 Å². The summed E-state index contributed by atoms with van der Waals surface area (Å²) < 4.78 is 5.35. The molecule has 1 aromatic rings. The second kappa shape index (κ2) is 5.39. The van der Waals surface area contributed by atoms with Crippen LogP contribution >= 0.6 is 0 Å². The van der Waals surface area contributed by atoms with E-state index in [-0.39, 0.29) is 0 Å². The molecule has 4 heteroatoms. The first-order valence-corrected chi connectivity index (χ1v) is 5.71. The monoisotopic (exact) mass is 221 g/mol. The van der Waals surface area contributed by atoms with Crippen molar-refractivity contribution < 1.29 is 4.74 Å². The number of hydrogen-bond acceptors (Lipinski definition) is 4. The lowest BCUT2D eigenvalue weighted by Crippen LogP contribution is -2.22. The molecule has 2 rings (SSSR count). The Hall–Kier alpha value is -0.970. The zero-order valence-electron chi connectivity index (χ0n) is 9.72. The van der Waals surface area contributed by atoms with Gasteiger partial charge in [-0.05, 0) is 24.1 Å². The van der Waals surface area contributed by atoms with Gasteiger partial charge in [-0.15, -0.1) is 0 Å². The molecule has 0 amide bonds. The van der Waals surface area contributed by atoms with Gasteiger partial charge in [-0.3, -0.25) is 9.88 Å². The zero-order valence-corrected chi connectivity index (χ0v) is 9.72. The average molecular weight is 221 g/mol. The molecule has 1 saturated heterocycles. The highest BCUT2D eigenvalue weighted by Gasteiger charge is 2.21. The van der Waals surface area contributed by atoms with Crippen molar-refractivity contribution in [2.75, 3.05) is 20.2 Å². The van der Waals surface area contributed by atoms with Crippen LogP contribution in [0.4, 0.5) is 0 Å². The number of rotatable bonds is 4. The molecule has 4 nitrogen and oxygen atoms in total. The highest BCUT2D eigenvalue weighted by Crippen LogP contribution is 2.15. The Balaban J connectivity index is 1.94. The quantitative estimate of drug-likeness (QED) is 0.815. The van der Waals surface area contributed by atoms with Gasteiger partial charge in [0.25, 0.3) is 0 Å². The minimum atomic E-state index is 0.399. The van der Waals surface area contributed by atoms with Gasteiger partial charge in [-0.2, -0.15) is 0 Å². The fourth-order valence-electron chi connectivity index (χ4n) is 2.13. The number of pyridine rings is 1. The van der Waals surface area contributed by atoms with Gasteiger partial charge in [0.1, 0.15) is 0 Å². The highest BCUT2D eigenvalue weighted by molar-refractivity contribution is 5.16. The average Bonchev–Trinajstić information content (AvgIpc) is 2.77. The van der Waals surface area contributed by atoms with Gasteiger partial charge in [0.05, 0.1) is 11.8 Å². The van der Waals surface area contributed by atoms with Crippen LogP contribution in [0.3, 0.4) is 0 Å². The lowest BCUT2D eigenvalue weighted by atomic mass is 10.2. The van der Waals surface area contributed by atoms with Crippen molar-refractivity contribution in [3.8, 4) is 0 Å². The van der Waals surface area contributed by atoms with Crippen molar-refractivity contribution in [2.24, 2.45) is 5.73 Å². The van der Waals surface area contributed by atoms with Gasteiger partial charge in [0.15, 0.2) is 0 Å². The van der Waals surface area contributed by atoms with E-state index in [4.69, 9.17) is 10.5 Å². The molecule has 1 aromatic heterocycles. The number of aromatic nitrogens is 1. The van der Waals surface area contributed by atoms with E-state index in [2.05, 4.69) is 22.0 Å². The smallest absolute Gasteiger partial charge is 0.0710 e. The van der Waals surface area contributed by atoms with Gasteiger partial charge < -0.3 is 10.5 Å². The summed E-state index contributed by atoms with van der Waals surface area (Å²) in [6, 6.07) is 4.14. The van der Waals surface area contributed by atoms with Gasteiger partial charge in [0, 0.05) is 39.5 Å². The molecule has 1 atom stereocenters. The summed E-state index contributed by atoms with van der Waals surface area (Å²) in [4.78, 5) is 6.60. The van der Waals surface area contributed by atoms with E-state index < -0.39 is 0 Å². The van der Waals surface area contributed by atoms with Crippen LogP contribution in [0.2, 0.25) is 0 Å². The maximum Gasteiger partial charge on any atom is 0.0710 e. The molecule has 1 aliphatic rings. The molecular weight excluding hydrogens is 202 g/mol. The summed E-state index contributed by atoms with van der Waals surface area (Å²) in [6.45, 7) is 3.61. The molecule has 0 saturated carbocycles. The van der Waals surface area contributed by atoms with Gasteiger partial charge in [0.2, 0.25) is 0 Å². The molecule has 16 heavy (non-hydrogen) atoms. The van der Waals surface area contributed by atoms with Crippen molar-refractivity contribution in [3.05, 3.63) is 29.6 Å². The lowest BCUT2D eigenvalue weighted by Gasteiger charge is -2.15. The number of nitrogens with zero attached hydrogens (tertiary/aromatic N) is 2. The Morgan fingerprint density at radius 3 is 3.19 bits per heavy atom. The van der Waals surface area contributed by atoms with E-state index in [1.165, 1.54) is 5.56 Å². The molecule has 1 fully saturated rings. The van der Waals surface area contributed by atoms with Crippen molar-refractivity contribution in [2.45, 2.75) is 25.6 Å². The van der Waals surface area contributed by atoms with E-state index in [0.717, 1.165) is 31.7 Å². The molecule has 0 bridgehead atoms. The predicted octanol–water partition coefficient (Wildman–Crippen LogP) is 0.761. The maximum atomic E-state index is 5.57. The first-order chi connectivity index (χ1) is 7.81. The minimum Gasteiger partial charge on any atom is -0.380 e. The van der Waals surface area contributed by atoms with Crippen LogP contribution in [0.1, 0.15) is 17.7 Å². The van der Waals surface area contributed by atoms with Crippen molar-refractivity contribution >= 4 is 0 Å². The van der Waals surface area contributed by atoms with Crippen LogP contribution in [0.5, 0.6) is 0 Å². The second-order valence-corrected chi connectivity index (χ2v) is 4.24. The third-order valence-electron chi connectivity index (χ3n) is 3.06. The summed E-state index contributed by atoms with van der Waals surface area (Å²) >= 11 is 0. The van der Waals surface area contributed by atoms with Crippen LogP contribution < -0.4 is 5.73 Å². The molecule has 0 aliphatic carbocycles. The number of methoxy groups -OCH3 is 1. The maximum absolute atomic E-state index is 5.57. The van der Waals surface area contributed by atoms with Crippen molar-refractivity contribution in [3.63, 3.8) is 0 Å². The Bertz CT molecular complexity index is 343. The van der Waals surface area contributed by atoms with E-state index >= 15 is 0 Å². The largest absolute Gasteiger partial charge is 0.380 e. The molecule has 0 radical (unpaired) electrons. The molecular formula is C12H19N3O.